The molecule has 4 rings (SSSR count). The number of nitrogens with zero attached hydrogens (tertiary/aromatic N) is 4. The van der Waals surface area contributed by atoms with Crippen molar-refractivity contribution < 1.29 is 17.9 Å². The second-order valence-corrected chi connectivity index (χ2v) is 17.1. The molecule has 0 saturated carbocycles. The minimum absolute atomic E-state index is 0.0923. The molecule has 0 amide bonds. The molecule has 8 nitrogen and oxygen atoms in total. The standard InChI is InChI=1S/C26H38F3N5O3Si/c1-38(2,3)16-15-37-18-33-14-9-20-22-21(17-30-23(20)33)24(35)31-25(36)34(22)19-7-12-32(13-8-19)11-6-4-5-10-26(27,28)29/h9,14,17,19H,4-8,10-13,15-16,18H2,1-3H3,(H,31,35,36). The molecule has 3 aromatic heterocycles. The van der Waals surface area contributed by atoms with Gasteiger partial charge < -0.3 is 14.2 Å². The fourth-order valence-electron chi connectivity index (χ4n) is 5.11. The minimum Gasteiger partial charge on any atom is -0.361 e. The maximum Gasteiger partial charge on any atom is 0.389 e. The number of fused-ring (bicyclic) bond motifs is 3. The zero-order chi connectivity index (χ0) is 27.5. The Labute approximate surface area is 220 Å². The molecule has 0 spiro atoms. The summed E-state index contributed by atoms with van der Waals surface area (Å²) in [7, 11) is -1.20. The van der Waals surface area contributed by atoms with Crippen molar-refractivity contribution in [1.29, 1.82) is 0 Å². The van der Waals surface area contributed by atoms with E-state index >= 15 is 0 Å². The zero-order valence-corrected chi connectivity index (χ0v) is 23.4. The smallest absolute Gasteiger partial charge is 0.361 e. The molecule has 0 atom stereocenters. The number of aromatic amines is 1. The number of H-pyrrole nitrogens is 1. The Morgan fingerprint density at radius 1 is 1.11 bits per heavy atom. The van der Waals surface area contributed by atoms with Crippen LogP contribution in [0.3, 0.4) is 0 Å². The number of ether oxygens (including phenoxy) is 1. The van der Waals surface area contributed by atoms with E-state index in [9.17, 15) is 22.8 Å². The van der Waals surface area contributed by atoms with Crippen LogP contribution in [0.5, 0.6) is 0 Å². The van der Waals surface area contributed by atoms with Crippen molar-refractivity contribution >= 4 is 30.0 Å². The van der Waals surface area contributed by atoms with Gasteiger partial charge in [-0.2, -0.15) is 13.2 Å². The van der Waals surface area contributed by atoms with Gasteiger partial charge in [-0.3, -0.25) is 14.3 Å². The SMILES string of the molecule is C[Si](C)(C)CCOCn1ccc2c1ncc1c(=O)[nH]c(=O)n(C3CCN(CCCCCC(F)(F)F)CC3)c12. The molecule has 0 aliphatic carbocycles. The van der Waals surface area contributed by atoms with E-state index in [1.165, 1.54) is 6.20 Å². The van der Waals surface area contributed by atoms with E-state index in [0.29, 0.717) is 49.2 Å². The lowest BCUT2D eigenvalue weighted by Gasteiger charge is -2.33. The Morgan fingerprint density at radius 2 is 1.84 bits per heavy atom. The molecule has 0 radical (unpaired) electrons. The Balaban J connectivity index is 1.48. The number of pyridine rings is 1. The number of nitrogens with one attached hydrogen (secondary N) is 1. The van der Waals surface area contributed by atoms with Crippen LogP contribution in [0.25, 0.3) is 21.9 Å². The first kappa shape index (κ1) is 28.6. The van der Waals surface area contributed by atoms with Crippen LogP contribution < -0.4 is 11.2 Å². The fraction of sp³-hybridized carbons (Fsp3) is 0.654. The van der Waals surface area contributed by atoms with Crippen molar-refractivity contribution in [2.45, 2.75) is 83.2 Å². The molecular formula is C26H38F3N5O3Si. The van der Waals surface area contributed by atoms with Crippen LogP contribution in [-0.4, -0.2) is 64.5 Å². The van der Waals surface area contributed by atoms with Crippen LogP contribution in [0.2, 0.25) is 25.7 Å². The normalized spacial score (nSPS) is 16.2. The summed E-state index contributed by atoms with van der Waals surface area (Å²) in [5, 5.41) is 1.12. The third kappa shape index (κ3) is 7.14. The number of rotatable bonds is 11. The summed E-state index contributed by atoms with van der Waals surface area (Å²) in [6.45, 7) is 10.2. The largest absolute Gasteiger partial charge is 0.389 e. The van der Waals surface area contributed by atoms with Gasteiger partial charge in [-0.1, -0.05) is 26.1 Å². The average molecular weight is 554 g/mol. The van der Waals surface area contributed by atoms with Gasteiger partial charge in [0.1, 0.15) is 12.4 Å². The lowest BCUT2D eigenvalue weighted by Crippen LogP contribution is -2.40. The van der Waals surface area contributed by atoms with Gasteiger partial charge >= 0.3 is 11.9 Å². The first-order valence-corrected chi connectivity index (χ1v) is 17.1. The Bertz CT molecular complexity index is 1350. The summed E-state index contributed by atoms with van der Waals surface area (Å²) >= 11 is 0. The Morgan fingerprint density at radius 3 is 2.53 bits per heavy atom. The van der Waals surface area contributed by atoms with Crippen molar-refractivity contribution in [3.8, 4) is 0 Å². The molecule has 0 unspecified atom stereocenters. The zero-order valence-electron chi connectivity index (χ0n) is 22.4. The van der Waals surface area contributed by atoms with Crippen LogP contribution in [0.15, 0.2) is 28.0 Å². The molecule has 1 saturated heterocycles. The van der Waals surface area contributed by atoms with E-state index in [2.05, 4.69) is 34.5 Å². The summed E-state index contributed by atoms with van der Waals surface area (Å²) in [5.74, 6) is 0. The minimum atomic E-state index is -4.09. The van der Waals surface area contributed by atoms with Crippen LogP contribution in [-0.2, 0) is 11.5 Å². The number of likely N-dealkylation sites (tertiary alicyclic amines) is 1. The van der Waals surface area contributed by atoms with Gasteiger partial charge in [-0.15, -0.1) is 0 Å². The summed E-state index contributed by atoms with van der Waals surface area (Å²) < 4.78 is 46.6. The molecule has 38 heavy (non-hydrogen) atoms. The topological polar surface area (TPSA) is 85.1 Å². The molecule has 210 valence electrons. The second kappa shape index (κ2) is 11.7. The number of alkyl halides is 3. The number of unbranched alkanes of at least 4 members (excludes halogenated alkanes) is 2. The van der Waals surface area contributed by atoms with Crippen LogP contribution >= 0.6 is 0 Å². The van der Waals surface area contributed by atoms with Crippen LogP contribution in [0.4, 0.5) is 13.2 Å². The van der Waals surface area contributed by atoms with Crippen molar-refractivity contribution in [3.05, 3.63) is 39.3 Å². The van der Waals surface area contributed by atoms with Gasteiger partial charge in [-0.05, 0) is 44.3 Å². The third-order valence-corrected chi connectivity index (χ3v) is 8.97. The summed E-state index contributed by atoms with van der Waals surface area (Å²) in [4.78, 5) is 35.0. The Kier molecular flexibility index (Phi) is 8.83. The van der Waals surface area contributed by atoms with E-state index in [-0.39, 0.29) is 12.5 Å². The molecule has 0 aromatic carbocycles. The first-order chi connectivity index (χ1) is 17.9. The number of hydrogen-bond acceptors (Lipinski definition) is 5. The van der Waals surface area contributed by atoms with Gasteiger partial charge in [0.2, 0.25) is 0 Å². The highest BCUT2D eigenvalue weighted by molar-refractivity contribution is 6.76. The predicted molar refractivity (Wildman–Crippen MR) is 145 cm³/mol. The summed E-state index contributed by atoms with van der Waals surface area (Å²) in [5.41, 5.74) is 0.376. The molecule has 1 fully saturated rings. The van der Waals surface area contributed by atoms with Crippen molar-refractivity contribution in [2.24, 2.45) is 0 Å². The average Bonchev–Trinajstić information content (AvgIpc) is 3.24. The predicted octanol–water partition coefficient (Wildman–Crippen LogP) is 5.11. The van der Waals surface area contributed by atoms with Crippen molar-refractivity contribution in [1.82, 2.24) is 24.0 Å². The van der Waals surface area contributed by atoms with E-state index < -0.39 is 31.9 Å². The highest BCUT2D eigenvalue weighted by Gasteiger charge is 2.27. The molecule has 4 heterocycles. The fourth-order valence-corrected chi connectivity index (χ4v) is 5.87. The van der Waals surface area contributed by atoms with E-state index in [1.807, 2.05) is 16.8 Å². The Hall–Kier alpha value is -2.44. The quantitative estimate of drug-likeness (QED) is 0.264. The lowest BCUT2D eigenvalue weighted by atomic mass is 10.0. The van der Waals surface area contributed by atoms with E-state index in [1.54, 1.807) is 4.57 Å². The lowest BCUT2D eigenvalue weighted by molar-refractivity contribution is -0.135. The summed E-state index contributed by atoms with van der Waals surface area (Å²) in [6.07, 6.45) is 1.45. The maximum atomic E-state index is 13.1. The third-order valence-electron chi connectivity index (χ3n) is 7.27. The van der Waals surface area contributed by atoms with E-state index in [0.717, 1.165) is 37.5 Å². The van der Waals surface area contributed by atoms with Gasteiger partial charge in [0.25, 0.3) is 5.56 Å². The highest BCUT2D eigenvalue weighted by Crippen LogP contribution is 2.29. The van der Waals surface area contributed by atoms with Gasteiger partial charge in [-0.25, -0.2) is 9.78 Å². The van der Waals surface area contributed by atoms with Crippen LogP contribution in [0, 0.1) is 0 Å². The molecule has 0 bridgehead atoms. The monoisotopic (exact) mass is 553 g/mol. The molecule has 1 aliphatic heterocycles. The van der Waals surface area contributed by atoms with E-state index in [4.69, 9.17) is 4.74 Å². The van der Waals surface area contributed by atoms with Crippen LogP contribution in [0.1, 0.15) is 44.6 Å². The number of aromatic nitrogens is 4. The molecule has 1 N–H and O–H groups in total. The van der Waals surface area contributed by atoms with Gasteiger partial charge in [0.05, 0.1) is 10.9 Å². The molecule has 12 heteroatoms. The number of halogens is 3. The van der Waals surface area contributed by atoms with Crippen molar-refractivity contribution in [2.75, 3.05) is 26.2 Å². The number of hydrogen-bond donors (Lipinski definition) is 1. The maximum absolute atomic E-state index is 13.1. The second-order valence-electron chi connectivity index (χ2n) is 11.5. The van der Waals surface area contributed by atoms with Gasteiger partial charge in [0, 0.05) is 58.0 Å². The molecule has 1 aliphatic rings. The molecular weight excluding hydrogens is 515 g/mol. The van der Waals surface area contributed by atoms with Crippen molar-refractivity contribution in [3.63, 3.8) is 0 Å². The van der Waals surface area contributed by atoms with Gasteiger partial charge in [0.15, 0.2) is 0 Å². The highest BCUT2D eigenvalue weighted by atomic mass is 28.3. The molecule has 3 aromatic rings. The summed E-state index contributed by atoms with van der Waals surface area (Å²) in [6, 6.07) is 2.85. The first-order valence-electron chi connectivity index (χ1n) is 13.4. The number of piperidine rings is 1.